The Kier molecular flexibility index (Phi) is 5.40. The molecule has 2 aliphatic heterocycles. The first-order chi connectivity index (χ1) is 13.5. The van der Waals surface area contributed by atoms with E-state index >= 15 is 0 Å². The van der Waals surface area contributed by atoms with Crippen molar-refractivity contribution in [1.29, 1.82) is 0 Å². The second-order valence-corrected chi connectivity index (χ2v) is 8.26. The highest BCUT2D eigenvalue weighted by molar-refractivity contribution is 5.80. The fraction of sp³-hybridized carbons (Fsp3) is 0.458. The number of rotatable bonds is 6. The monoisotopic (exact) mass is 378 g/mol. The maximum Gasteiger partial charge on any atom is 0.225 e. The summed E-state index contributed by atoms with van der Waals surface area (Å²) in [6, 6.07) is 19.4. The molecule has 2 aromatic rings. The lowest BCUT2D eigenvalue weighted by Gasteiger charge is -2.31. The third kappa shape index (κ3) is 3.66. The van der Waals surface area contributed by atoms with Gasteiger partial charge in [0.15, 0.2) is 0 Å². The second-order valence-electron chi connectivity index (χ2n) is 8.26. The van der Waals surface area contributed by atoms with Crippen molar-refractivity contribution in [3.8, 4) is 5.75 Å². The van der Waals surface area contributed by atoms with Gasteiger partial charge in [-0.25, -0.2) is 0 Å². The van der Waals surface area contributed by atoms with Crippen LogP contribution in [0.5, 0.6) is 5.75 Å². The number of ether oxygens (including phenoxy) is 1. The van der Waals surface area contributed by atoms with Crippen LogP contribution in [0.2, 0.25) is 0 Å². The molecule has 2 fully saturated rings. The van der Waals surface area contributed by atoms with Crippen LogP contribution in [0.1, 0.15) is 50.8 Å². The van der Waals surface area contributed by atoms with E-state index < -0.39 is 0 Å². The van der Waals surface area contributed by atoms with Gasteiger partial charge in [0.1, 0.15) is 5.75 Å². The summed E-state index contributed by atoms with van der Waals surface area (Å²) < 4.78 is 6.00. The van der Waals surface area contributed by atoms with Crippen molar-refractivity contribution in [2.45, 2.75) is 64.4 Å². The zero-order valence-corrected chi connectivity index (χ0v) is 17.0. The minimum Gasteiger partial charge on any atom is -0.491 e. The lowest BCUT2D eigenvalue weighted by molar-refractivity contribution is -0.131. The van der Waals surface area contributed by atoms with Crippen LogP contribution < -0.4 is 4.74 Å². The number of carbonyl (C=O) groups excluding carboxylic acids is 1. The second kappa shape index (κ2) is 7.96. The normalized spacial score (nSPS) is 23.3. The standard InChI is InChI=1S/C24H30N2O2/c1-17(2)28-23-12-8-7-11-20(23)16-25-14-13-21-22(25)15-24(27)26(21)18(3)19-9-5-4-6-10-19/h4-12,17-18,21-22H,13-16H2,1-3H3/t18?,21-,22-/m0/s1. The lowest BCUT2D eigenvalue weighted by atomic mass is 10.0. The summed E-state index contributed by atoms with van der Waals surface area (Å²) in [5.41, 5.74) is 2.42. The van der Waals surface area contributed by atoms with Gasteiger partial charge in [-0.05, 0) is 38.8 Å². The summed E-state index contributed by atoms with van der Waals surface area (Å²) in [5, 5.41) is 0. The van der Waals surface area contributed by atoms with Gasteiger partial charge in [-0.2, -0.15) is 0 Å². The van der Waals surface area contributed by atoms with Crippen molar-refractivity contribution >= 4 is 5.91 Å². The van der Waals surface area contributed by atoms with Gasteiger partial charge in [-0.3, -0.25) is 9.69 Å². The van der Waals surface area contributed by atoms with Gasteiger partial charge < -0.3 is 9.64 Å². The Balaban J connectivity index is 1.50. The number of likely N-dealkylation sites (tertiary alicyclic amines) is 2. The number of amides is 1. The van der Waals surface area contributed by atoms with E-state index in [9.17, 15) is 4.79 Å². The fourth-order valence-corrected chi connectivity index (χ4v) is 4.77. The van der Waals surface area contributed by atoms with Crippen molar-refractivity contribution in [3.63, 3.8) is 0 Å². The highest BCUT2D eigenvalue weighted by atomic mass is 16.5. The third-order valence-electron chi connectivity index (χ3n) is 6.06. The van der Waals surface area contributed by atoms with E-state index in [0.717, 1.165) is 25.3 Å². The summed E-state index contributed by atoms with van der Waals surface area (Å²) >= 11 is 0. The van der Waals surface area contributed by atoms with Crippen LogP contribution in [-0.2, 0) is 11.3 Å². The lowest BCUT2D eigenvalue weighted by Crippen LogP contribution is -2.38. The number of carbonyl (C=O) groups is 1. The van der Waals surface area contributed by atoms with Crippen LogP contribution >= 0.6 is 0 Å². The Morgan fingerprint density at radius 3 is 2.46 bits per heavy atom. The van der Waals surface area contributed by atoms with Crippen LogP contribution in [0.3, 0.4) is 0 Å². The van der Waals surface area contributed by atoms with Gasteiger partial charge in [0.05, 0.1) is 12.1 Å². The first-order valence-corrected chi connectivity index (χ1v) is 10.4. The molecule has 0 N–H and O–H groups in total. The Morgan fingerprint density at radius 1 is 1.00 bits per heavy atom. The molecule has 1 unspecified atom stereocenters. The molecule has 4 heteroatoms. The van der Waals surface area contributed by atoms with E-state index in [1.54, 1.807) is 0 Å². The molecule has 148 valence electrons. The van der Waals surface area contributed by atoms with E-state index in [2.05, 4.69) is 67.0 Å². The molecule has 2 aromatic carbocycles. The largest absolute Gasteiger partial charge is 0.491 e. The van der Waals surface area contributed by atoms with Crippen molar-refractivity contribution in [2.75, 3.05) is 6.54 Å². The molecule has 3 atom stereocenters. The van der Waals surface area contributed by atoms with Gasteiger partial charge in [0, 0.05) is 37.2 Å². The molecule has 28 heavy (non-hydrogen) atoms. The predicted molar refractivity (Wildman–Crippen MR) is 111 cm³/mol. The molecular weight excluding hydrogens is 348 g/mol. The number of benzene rings is 2. The molecule has 0 bridgehead atoms. The maximum atomic E-state index is 12.9. The summed E-state index contributed by atoms with van der Waals surface area (Å²) in [6.07, 6.45) is 1.82. The number of hydrogen-bond acceptors (Lipinski definition) is 3. The molecular formula is C24H30N2O2. The molecule has 2 aliphatic rings. The van der Waals surface area contributed by atoms with Crippen LogP contribution in [0.15, 0.2) is 54.6 Å². The Bertz CT molecular complexity index is 820. The molecule has 0 spiro atoms. The van der Waals surface area contributed by atoms with Crippen LogP contribution in [0.25, 0.3) is 0 Å². The van der Waals surface area contributed by atoms with Crippen molar-refractivity contribution < 1.29 is 9.53 Å². The van der Waals surface area contributed by atoms with Crippen LogP contribution in [0, 0.1) is 0 Å². The molecule has 0 radical (unpaired) electrons. The Hall–Kier alpha value is -2.33. The Morgan fingerprint density at radius 2 is 1.71 bits per heavy atom. The molecule has 4 rings (SSSR count). The van der Waals surface area contributed by atoms with E-state index in [0.29, 0.717) is 18.5 Å². The minimum atomic E-state index is 0.125. The highest BCUT2D eigenvalue weighted by Crippen LogP contribution is 2.39. The smallest absolute Gasteiger partial charge is 0.225 e. The summed E-state index contributed by atoms with van der Waals surface area (Å²) in [6.45, 7) is 8.13. The highest BCUT2D eigenvalue weighted by Gasteiger charge is 2.48. The predicted octanol–water partition coefficient (Wildman–Crippen LogP) is 4.41. The first-order valence-electron chi connectivity index (χ1n) is 10.4. The average molecular weight is 379 g/mol. The molecule has 0 saturated carbocycles. The van der Waals surface area contributed by atoms with Crippen molar-refractivity contribution in [2.24, 2.45) is 0 Å². The van der Waals surface area contributed by atoms with Gasteiger partial charge in [0.25, 0.3) is 0 Å². The fourth-order valence-electron chi connectivity index (χ4n) is 4.77. The zero-order valence-electron chi connectivity index (χ0n) is 17.0. The Labute approximate surface area is 168 Å². The number of hydrogen-bond donors (Lipinski definition) is 0. The van der Waals surface area contributed by atoms with Crippen molar-refractivity contribution in [3.05, 3.63) is 65.7 Å². The topological polar surface area (TPSA) is 32.8 Å². The van der Waals surface area contributed by atoms with Crippen LogP contribution in [-0.4, -0.2) is 40.4 Å². The maximum absolute atomic E-state index is 12.9. The van der Waals surface area contributed by atoms with E-state index in [1.807, 2.05) is 18.2 Å². The quantitative estimate of drug-likeness (QED) is 0.746. The van der Waals surface area contributed by atoms with Gasteiger partial charge in [-0.15, -0.1) is 0 Å². The number of fused-ring (bicyclic) bond motifs is 1. The minimum absolute atomic E-state index is 0.125. The van der Waals surface area contributed by atoms with Gasteiger partial charge in [-0.1, -0.05) is 48.5 Å². The SMILES string of the molecule is CC(C)Oc1ccccc1CN1CC[C@H]2[C@@H]1CC(=O)N2C(C)c1ccccc1. The van der Waals surface area contributed by atoms with Crippen LogP contribution in [0.4, 0.5) is 0 Å². The first kappa shape index (κ1) is 19.0. The summed E-state index contributed by atoms with van der Waals surface area (Å²) in [4.78, 5) is 17.5. The summed E-state index contributed by atoms with van der Waals surface area (Å²) in [5.74, 6) is 1.24. The number of para-hydroxylation sites is 1. The molecule has 0 aliphatic carbocycles. The third-order valence-corrected chi connectivity index (χ3v) is 6.06. The molecule has 0 aromatic heterocycles. The molecule has 1 amide bonds. The van der Waals surface area contributed by atoms with E-state index in [-0.39, 0.29) is 18.1 Å². The van der Waals surface area contributed by atoms with Crippen molar-refractivity contribution in [1.82, 2.24) is 9.80 Å². The van der Waals surface area contributed by atoms with Gasteiger partial charge in [0.2, 0.25) is 5.91 Å². The van der Waals surface area contributed by atoms with E-state index in [1.165, 1.54) is 11.1 Å². The van der Waals surface area contributed by atoms with Gasteiger partial charge >= 0.3 is 0 Å². The molecule has 2 heterocycles. The molecule has 2 saturated heterocycles. The average Bonchev–Trinajstić information content (AvgIpc) is 3.21. The number of nitrogens with zero attached hydrogens (tertiary/aromatic N) is 2. The molecule has 4 nitrogen and oxygen atoms in total. The zero-order chi connectivity index (χ0) is 19.7. The summed E-state index contributed by atoms with van der Waals surface area (Å²) in [7, 11) is 0. The van der Waals surface area contributed by atoms with E-state index in [4.69, 9.17) is 4.74 Å².